The lowest BCUT2D eigenvalue weighted by Crippen LogP contribution is -2.51. The van der Waals surface area contributed by atoms with Gasteiger partial charge in [0.15, 0.2) is 0 Å². The van der Waals surface area contributed by atoms with Gasteiger partial charge in [-0.25, -0.2) is 0 Å². The Morgan fingerprint density at radius 3 is 1.95 bits per heavy atom. The zero-order chi connectivity index (χ0) is 28.7. The van der Waals surface area contributed by atoms with Crippen LogP contribution in [0.1, 0.15) is 110 Å². The highest BCUT2D eigenvalue weighted by Crippen LogP contribution is 2.30. The maximum absolute atomic E-state index is 12.7. The van der Waals surface area contributed by atoms with Crippen LogP contribution in [0.3, 0.4) is 0 Å². The Morgan fingerprint density at radius 2 is 1.45 bits per heavy atom. The molecule has 0 aromatic heterocycles. The van der Waals surface area contributed by atoms with Gasteiger partial charge in [-0.2, -0.15) is 8.42 Å². The SMILES string of the molecule is C=CCOCC(O)CC(CC(=O)O)(C(=O)OCCCCCCCC/C=C\CCCCCCCC)S(=O)(=O)O. The van der Waals surface area contributed by atoms with E-state index in [9.17, 15) is 32.8 Å². The van der Waals surface area contributed by atoms with E-state index in [1.54, 1.807) is 0 Å². The monoisotopic (exact) mass is 562 g/mol. The van der Waals surface area contributed by atoms with Gasteiger partial charge in [0.2, 0.25) is 4.75 Å². The number of ether oxygens (including phenoxy) is 2. The maximum Gasteiger partial charge on any atom is 0.330 e. The second kappa shape index (κ2) is 22.1. The summed E-state index contributed by atoms with van der Waals surface area (Å²) in [6.07, 6.45) is 17.8. The lowest BCUT2D eigenvalue weighted by atomic mass is 9.96. The molecule has 0 heterocycles. The number of aliphatic carboxylic acids is 1. The van der Waals surface area contributed by atoms with Crippen molar-refractivity contribution in [3.05, 3.63) is 24.8 Å². The normalized spacial score (nSPS) is 14.3. The van der Waals surface area contributed by atoms with Crippen LogP contribution in [-0.4, -0.2) is 65.8 Å². The van der Waals surface area contributed by atoms with Crippen LogP contribution in [0.15, 0.2) is 24.8 Å². The quantitative estimate of drug-likeness (QED) is 0.0528. The Kier molecular flexibility index (Phi) is 21.1. The molecule has 2 atom stereocenters. The molecule has 0 saturated heterocycles. The number of rotatable bonds is 26. The van der Waals surface area contributed by atoms with E-state index < -0.39 is 45.7 Å². The molecule has 0 aliphatic rings. The molecule has 3 N–H and O–H groups in total. The third-order valence-corrected chi connectivity index (χ3v) is 7.77. The van der Waals surface area contributed by atoms with Gasteiger partial charge >= 0.3 is 11.9 Å². The number of aliphatic hydroxyl groups excluding tert-OH is 1. The Bertz CT molecular complexity index is 779. The first kappa shape index (κ1) is 36.2. The van der Waals surface area contributed by atoms with E-state index >= 15 is 0 Å². The molecule has 10 heteroatoms. The van der Waals surface area contributed by atoms with E-state index in [0.717, 1.165) is 44.9 Å². The van der Waals surface area contributed by atoms with Crippen molar-refractivity contribution < 1.29 is 42.2 Å². The Labute approximate surface area is 229 Å². The number of allylic oxidation sites excluding steroid dienone is 2. The third kappa shape index (κ3) is 17.0. The number of carbonyl (C=O) groups excluding carboxylic acids is 1. The molecule has 0 aromatic carbocycles. The van der Waals surface area contributed by atoms with Crippen molar-refractivity contribution in [2.75, 3.05) is 19.8 Å². The molecular formula is C28H50O9S. The number of aliphatic hydroxyl groups is 1. The van der Waals surface area contributed by atoms with Crippen LogP contribution in [0.5, 0.6) is 0 Å². The molecule has 0 fully saturated rings. The summed E-state index contributed by atoms with van der Waals surface area (Å²) < 4.78 is 41.2. The minimum absolute atomic E-state index is 0.0647. The molecule has 0 radical (unpaired) electrons. The lowest BCUT2D eigenvalue weighted by molar-refractivity contribution is -0.153. The van der Waals surface area contributed by atoms with E-state index in [1.165, 1.54) is 44.6 Å². The number of hydrogen-bond donors (Lipinski definition) is 3. The maximum atomic E-state index is 12.7. The molecule has 38 heavy (non-hydrogen) atoms. The second-order valence-corrected chi connectivity index (χ2v) is 11.5. The molecule has 0 rings (SSSR count). The van der Waals surface area contributed by atoms with Crippen LogP contribution in [0.4, 0.5) is 0 Å². The highest BCUT2D eigenvalue weighted by molar-refractivity contribution is 7.88. The number of carboxylic acids is 1. The van der Waals surface area contributed by atoms with Gasteiger partial charge in [-0.1, -0.05) is 82.9 Å². The molecule has 2 unspecified atom stereocenters. The van der Waals surface area contributed by atoms with Gasteiger partial charge < -0.3 is 19.7 Å². The van der Waals surface area contributed by atoms with Crippen molar-refractivity contribution >= 4 is 22.1 Å². The fraction of sp³-hybridized carbons (Fsp3) is 0.786. The Morgan fingerprint density at radius 1 is 0.921 bits per heavy atom. The van der Waals surface area contributed by atoms with Gasteiger partial charge in [-0.3, -0.25) is 14.1 Å². The van der Waals surface area contributed by atoms with E-state index in [1.807, 2.05) is 0 Å². The summed E-state index contributed by atoms with van der Waals surface area (Å²) in [6, 6.07) is 0. The van der Waals surface area contributed by atoms with E-state index in [-0.39, 0.29) is 19.8 Å². The highest BCUT2D eigenvalue weighted by atomic mass is 32.2. The van der Waals surface area contributed by atoms with Crippen molar-refractivity contribution in [3.8, 4) is 0 Å². The van der Waals surface area contributed by atoms with Crippen molar-refractivity contribution in [2.45, 2.75) is 121 Å². The summed E-state index contributed by atoms with van der Waals surface area (Å²) in [6.45, 7) is 5.25. The Hall–Kier alpha value is -1.75. The Balaban J connectivity index is 4.32. The summed E-state index contributed by atoms with van der Waals surface area (Å²) in [5, 5.41) is 19.3. The van der Waals surface area contributed by atoms with Gasteiger partial charge in [-0.15, -0.1) is 6.58 Å². The van der Waals surface area contributed by atoms with Crippen LogP contribution in [0.25, 0.3) is 0 Å². The van der Waals surface area contributed by atoms with E-state index in [0.29, 0.717) is 6.42 Å². The van der Waals surface area contributed by atoms with Crippen molar-refractivity contribution in [2.24, 2.45) is 0 Å². The number of esters is 1. The molecule has 0 aliphatic carbocycles. The topological polar surface area (TPSA) is 147 Å². The third-order valence-electron chi connectivity index (χ3n) is 6.30. The molecular weight excluding hydrogens is 512 g/mol. The number of unbranched alkanes of at least 4 members (excludes halogenated alkanes) is 12. The minimum atomic E-state index is -5.22. The number of hydrogen-bond acceptors (Lipinski definition) is 7. The summed E-state index contributed by atoms with van der Waals surface area (Å²) in [4.78, 5) is 24.0. The molecule has 0 spiro atoms. The zero-order valence-corrected chi connectivity index (χ0v) is 24.0. The van der Waals surface area contributed by atoms with Crippen LogP contribution in [0.2, 0.25) is 0 Å². The van der Waals surface area contributed by atoms with Gasteiger partial charge in [0.1, 0.15) is 0 Å². The first-order chi connectivity index (χ1) is 18.1. The minimum Gasteiger partial charge on any atom is -0.481 e. The van der Waals surface area contributed by atoms with Gasteiger partial charge in [0, 0.05) is 6.42 Å². The van der Waals surface area contributed by atoms with Gasteiger partial charge in [-0.05, 0) is 32.1 Å². The molecule has 222 valence electrons. The van der Waals surface area contributed by atoms with Crippen LogP contribution < -0.4 is 0 Å². The second-order valence-electron chi connectivity index (χ2n) is 9.80. The molecule has 0 aromatic rings. The fourth-order valence-corrected chi connectivity index (χ4v) is 5.13. The molecule has 0 amide bonds. The molecule has 9 nitrogen and oxygen atoms in total. The van der Waals surface area contributed by atoms with Crippen LogP contribution >= 0.6 is 0 Å². The van der Waals surface area contributed by atoms with Crippen LogP contribution in [-0.2, 0) is 29.2 Å². The number of carboxylic acid groups (broad SMARTS) is 1. The van der Waals surface area contributed by atoms with E-state index in [2.05, 4.69) is 25.7 Å². The standard InChI is InChI=1S/C28H50O9S/c1-3-5-6-7-8-9-10-11-12-13-14-15-16-17-18-19-21-37-27(32)28(23-26(30)31,38(33,34)35)22-25(29)24-36-20-4-2/h4,11-12,25,29H,2-3,5-10,13-24H2,1H3,(H,30,31)(H,33,34,35)/b12-11-. The highest BCUT2D eigenvalue weighted by Gasteiger charge is 2.54. The number of carbonyl (C=O) groups is 2. The lowest BCUT2D eigenvalue weighted by Gasteiger charge is -2.29. The summed E-state index contributed by atoms with van der Waals surface area (Å²) >= 11 is 0. The van der Waals surface area contributed by atoms with Gasteiger partial charge in [0.05, 0.1) is 32.3 Å². The van der Waals surface area contributed by atoms with Crippen LogP contribution in [0, 0.1) is 0 Å². The first-order valence-electron chi connectivity index (χ1n) is 14.0. The van der Waals surface area contributed by atoms with Crippen molar-refractivity contribution in [1.29, 1.82) is 0 Å². The average molecular weight is 563 g/mol. The van der Waals surface area contributed by atoms with Crippen molar-refractivity contribution in [3.63, 3.8) is 0 Å². The molecule has 0 aliphatic heterocycles. The largest absolute Gasteiger partial charge is 0.481 e. The fourth-order valence-electron chi connectivity index (χ4n) is 4.15. The average Bonchev–Trinajstić information content (AvgIpc) is 2.84. The first-order valence-corrected chi connectivity index (χ1v) is 15.4. The summed E-state index contributed by atoms with van der Waals surface area (Å²) in [5.41, 5.74) is 0. The van der Waals surface area contributed by atoms with E-state index in [4.69, 9.17) is 9.47 Å². The van der Waals surface area contributed by atoms with Gasteiger partial charge in [0.25, 0.3) is 10.1 Å². The predicted octanol–water partition coefficient (Wildman–Crippen LogP) is 5.62. The summed E-state index contributed by atoms with van der Waals surface area (Å²) in [5.74, 6) is -3.02. The zero-order valence-electron chi connectivity index (χ0n) is 23.2. The molecule has 0 saturated carbocycles. The summed E-state index contributed by atoms with van der Waals surface area (Å²) in [7, 11) is -5.22. The molecule has 0 bridgehead atoms. The smallest absolute Gasteiger partial charge is 0.330 e. The van der Waals surface area contributed by atoms with Crippen molar-refractivity contribution in [1.82, 2.24) is 0 Å². The predicted molar refractivity (Wildman–Crippen MR) is 149 cm³/mol.